The van der Waals surface area contributed by atoms with Crippen molar-refractivity contribution >= 4 is 38.3 Å². The number of aromatic nitrogens is 2. The van der Waals surface area contributed by atoms with Crippen LogP contribution in [0, 0.1) is 11.6 Å². The summed E-state index contributed by atoms with van der Waals surface area (Å²) in [6.45, 7) is 0. The zero-order valence-electron chi connectivity index (χ0n) is 20.8. The van der Waals surface area contributed by atoms with Gasteiger partial charge in [0.05, 0.1) is 35.1 Å². The third-order valence-electron chi connectivity index (χ3n) is 7.29. The van der Waals surface area contributed by atoms with Crippen LogP contribution < -0.4 is 9.62 Å². The van der Waals surface area contributed by atoms with Gasteiger partial charge < -0.3 is 14.2 Å². The van der Waals surface area contributed by atoms with Crippen LogP contribution in [0.15, 0.2) is 36.4 Å². The van der Waals surface area contributed by atoms with Gasteiger partial charge in [-0.15, -0.1) is 0 Å². The van der Waals surface area contributed by atoms with Gasteiger partial charge in [0, 0.05) is 31.3 Å². The smallest absolute Gasteiger partial charge is 0.229 e. The first-order chi connectivity index (χ1) is 17.6. The number of rotatable bonds is 6. The molecule has 0 spiro atoms. The van der Waals surface area contributed by atoms with E-state index in [9.17, 15) is 22.0 Å². The van der Waals surface area contributed by atoms with Gasteiger partial charge in [0.15, 0.2) is 11.6 Å². The van der Waals surface area contributed by atoms with Crippen molar-refractivity contribution in [3.63, 3.8) is 0 Å². The molecule has 1 aromatic heterocycles. The van der Waals surface area contributed by atoms with E-state index in [0.29, 0.717) is 36.3 Å². The zero-order valence-corrected chi connectivity index (χ0v) is 21.6. The molecular weight excluding hydrogens is 502 g/mol. The number of carbonyl (C=O) groups is 1. The molecule has 0 radical (unpaired) electrons. The third kappa shape index (κ3) is 5.19. The molecule has 1 unspecified atom stereocenters. The minimum Gasteiger partial charge on any atom is -0.381 e. The highest BCUT2D eigenvalue weighted by atomic mass is 32.2. The van der Waals surface area contributed by atoms with E-state index < -0.39 is 27.7 Å². The second kappa shape index (κ2) is 10.0. The second-order valence-electron chi connectivity index (χ2n) is 9.85. The van der Waals surface area contributed by atoms with E-state index >= 15 is 0 Å². The van der Waals surface area contributed by atoms with Crippen LogP contribution >= 0.6 is 0 Å². The van der Waals surface area contributed by atoms with Gasteiger partial charge in [0.25, 0.3) is 0 Å². The van der Waals surface area contributed by atoms with E-state index in [0.717, 1.165) is 49.6 Å². The molecule has 3 aromatic rings. The summed E-state index contributed by atoms with van der Waals surface area (Å²) in [5.41, 5.74) is 2.11. The summed E-state index contributed by atoms with van der Waals surface area (Å²) < 4.78 is 61.7. The number of sulfonamides is 1. The molecule has 8 nitrogen and oxygen atoms in total. The Kier molecular flexibility index (Phi) is 6.93. The van der Waals surface area contributed by atoms with Crippen molar-refractivity contribution in [2.45, 2.75) is 63.1 Å². The molecule has 1 N–H and O–H groups in total. The predicted molar refractivity (Wildman–Crippen MR) is 137 cm³/mol. The first kappa shape index (κ1) is 25.6. The first-order valence-electron chi connectivity index (χ1n) is 12.4. The van der Waals surface area contributed by atoms with Crippen LogP contribution in [0.5, 0.6) is 0 Å². The fraction of sp³-hybridized carbons (Fsp3) is 0.462. The molecule has 2 aromatic carbocycles. The minimum atomic E-state index is -3.48. The summed E-state index contributed by atoms with van der Waals surface area (Å²) >= 11 is 0. The molecule has 1 saturated carbocycles. The molecule has 2 heterocycles. The number of halogens is 2. The molecule has 1 aliphatic carbocycles. The Bertz CT molecular complexity index is 1430. The van der Waals surface area contributed by atoms with Crippen molar-refractivity contribution in [2.24, 2.45) is 0 Å². The molecule has 1 aliphatic heterocycles. The summed E-state index contributed by atoms with van der Waals surface area (Å²) in [6, 6.07) is 8.34. The molecule has 1 atom stereocenters. The number of benzene rings is 2. The molecular formula is C26H30F2N4O4S. The molecule has 1 amide bonds. The van der Waals surface area contributed by atoms with Crippen LogP contribution in [-0.2, 0) is 19.6 Å². The predicted octanol–water partition coefficient (Wildman–Crippen LogP) is 5.07. The van der Waals surface area contributed by atoms with E-state index in [4.69, 9.17) is 9.72 Å². The lowest BCUT2D eigenvalue weighted by Gasteiger charge is -2.37. The van der Waals surface area contributed by atoms with Gasteiger partial charge in [-0.25, -0.2) is 22.2 Å². The lowest BCUT2D eigenvalue weighted by atomic mass is 9.92. The fourth-order valence-corrected chi connectivity index (χ4v) is 6.18. The maximum atomic E-state index is 14.2. The average molecular weight is 533 g/mol. The van der Waals surface area contributed by atoms with Crippen molar-refractivity contribution in [2.75, 3.05) is 23.0 Å². The van der Waals surface area contributed by atoms with Crippen LogP contribution in [-0.4, -0.2) is 43.3 Å². The summed E-state index contributed by atoms with van der Waals surface area (Å²) in [7, 11) is -1.76. The Balaban J connectivity index is 1.63. The Morgan fingerprint density at radius 2 is 1.78 bits per heavy atom. The summed E-state index contributed by atoms with van der Waals surface area (Å²) in [5.74, 6) is -1.51. The van der Waals surface area contributed by atoms with Crippen molar-refractivity contribution < 1.29 is 26.7 Å². The van der Waals surface area contributed by atoms with Crippen LogP contribution in [0.4, 0.5) is 20.2 Å². The number of carbonyl (C=O) groups excluding carboxylic acids is 1. The standard InChI is InChI=1S/C26H30F2N4O4S/c1-36-19-10-7-17(8-11-19)32-23-13-6-16(30-37(2,34)35)14-22(23)29-26(32)24-4-3-5-25(33)31(24)18-9-12-20(27)21(28)15-18/h6,9,12-15,17,19,24,30H,3-5,7-8,10-11H2,1-2H3. The number of nitrogens with one attached hydrogen (secondary N) is 1. The van der Waals surface area contributed by atoms with Crippen LogP contribution in [0.1, 0.15) is 62.9 Å². The van der Waals surface area contributed by atoms with E-state index in [1.54, 1.807) is 19.2 Å². The zero-order chi connectivity index (χ0) is 26.3. The number of anilines is 2. The number of imidazole rings is 1. The summed E-state index contributed by atoms with van der Waals surface area (Å²) in [6.07, 6.45) is 6.29. The fourth-order valence-electron chi connectivity index (χ4n) is 5.63. The highest BCUT2D eigenvalue weighted by molar-refractivity contribution is 7.92. The SMILES string of the molecule is COC1CCC(n2c(C3CCCC(=O)N3c3ccc(F)c(F)c3)nc3cc(NS(C)(=O)=O)ccc32)CC1. The summed E-state index contributed by atoms with van der Waals surface area (Å²) in [4.78, 5) is 19.6. The second-order valence-corrected chi connectivity index (χ2v) is 11.6. The molecule has 37 heavy (non-hydrogen) atoms. The number of nitrogens with zero attached hydrogens (tertiary/aromatic N) is 3. The topological polar surface area (TPSA) is 93.5 Å². The van der Waals surface area contributed by atoms with Crippen molar-refractivity contribution in [3.8, 4) is 0 Å². The molecule has 1 saturated heterocycles. The molecule has 2 fully saturated rings. The molecule has 5 rings (SSSR count). The number of amides is 1. The maximum absolute atomic E-state index is 14.2. The monoisotopic (exact) mass is 532 g/mol. The quantitative estimate of drug-likeness (QED) is 0.478. The Labute approximate surface area is 214 Å². The highest BCUT2D eigenvalue weighted by Gasteiger charge is 2.36. The Hall–Kier alpha value is -3.05. The van der Waals surface area contributed by atoms with E-state index in [1.165, 1.54) is 11.0 Å². The molecule has 0 bridgehead atoms. The number of hydrogen-bond donors (Lipinski definition) is 1. The van der Waals surface area contributed by atoms with Crippen molar-refractivity contribution in [3.05, 3.63) is 53.9 Å². The van der Waals surface area contributed by atoms with Gasteiger partial charge in [-0.2, -0.15) is 0 Å². The Morgan fingerprint density at radius 3 is 2.46 bits per heavy atom. The highest BCUT2D eigenvalue weighted by Crippen LogP contribution is 2.41. The van der Waals surface area contributed by atoms with Gasteiger partial charge in [0.2, 0.25) is 15.9 Å². The average Bonchev–Trinajstić information content (AvgIpc) is 3.23. The number of fused-ring (bicyclic) bond motifs is 1. The van der Waals surface area contributed by atoms with Gasteiger partial charge in [-0.05, 0) is 68.9 Å². The van der Waals surface area contributed by atoms with Gasteiger partial charge in [0.1, 0.15) is 5.82 Å². The van der Waals surface area contributed by atoms with E-state index in [1.807, 2.05) is 6.07 Å². The van der Waals surface area contributed by atoms with Gasteiger partial charge in [-0.3, -0.25) is 9.52 Å². The largest absolute Gasteiger partial charge is 0.381 e. The van der Waals surface area contributed by atoms with Crippen molar-refractivity contribution in [1.82, 2.24) is 9.55 Å². The minimum absolute atomic E-state index is 0.101. The number of hydrogen-bond acceptors (Lipinski definition) is 5. The third-order valence-corrected chi connectivity index (χ3v) is 7.90. The number of methoxy groups -OCH3 is 1. The Morgan fingerprint density at radius 1 is 1.03 bits per heavy atom. The number of piperidine rings is 1. The number of ether oxygens (including phenoxy) is 1. The molecule has 198 valence electrons. The van der Waals surface area contributed by atoms with Crippen molar-refractivity contribution in [1.29, 1.82) is 0 Å². The maximum Gasteiger partial charge on any atom is 0.229 e. The normalized spacial score (nSPS) is 23.0. The lowest BCUT2D eigenvalue weighted by Crippen LogP contribution is -2.40. The molecule has 11 heteroatoms. The van der Waals surface area contributed by atoms with E-state index in [-0.39, 0.29) is 23.7 Å². The van der Waals surface area contributed by atoms with E-state index in [2.05, 4.69) is 9.29 Å². The lowest BCUT2D eigenvalue weighted by molar-refractivity contribution is -0.120. The van der Waals surface area contributed by atoms with Gasteiger partial charge in [-0.1, -0.05) is 0 Å². The van der Waals surface area contributed by atoms with Crippen LogP contribution in [0.3, 0.4) is 0 Å². The summed E-state index contributed by atoms with van der Waals surface area (Å²) in [5, 5.41) is 0. The first-order valence-corrected chi connectivity index (χ1v) is 14.3. The van der Waals surface area contributed by atoms with Crippen LogP contribution in [0.25, 0.3) is 11.0 Å². The van der Waals surface area contributed by atoms with Gasteiger partial charge >= 0.3 is 0 Å². The van der Waals surface area contributed by atoms with Crippen LogP contribution in [0.2, 0.25) is 0 Å². The molecule has 2 aliphatic rings.